The zero-order chi connectivity index (χ0) is 12.3. The Balaban J connectivity index is 2.10. The number of aromatic nitrogens is 2. The van der Waals surface area contributed by atoms with Crippen LogP contribution in [0.25, 0.3) is 0 Å². The Bertz CT molecular complexity index is 441. The van der Waals surface area contributed by atoms with Gasteiger partial charge in [-0.15, -0.1) is 5.10 Å². The molecule has 0 bridgehead atoms. The van der Waals surface area contributed by atoms with Crippen LogP contribution in [0.5, 0.6) is 0 Å². The minimum absolute atomic E-state index is 0.635. The molecule has 1 aromatic rings. The lowest BCUT2D eigenvalue weighted by Crippen LogP contribution is -2.14. The summed E-state index contributed by atoms with van der Waals surface area (Å²) in [7, 11) is 0. The van der Waals surface area contributed by atoms with Gasteiger partial charge in [0.1, 0.15) is 11.6 Å². The molecule has 0 radical (unpaired) electrons. The van der Waals surface area contributed by atoms with E-state index in [9.17, 15) is 0 Å². The highest BCUT2D eigenvalue weighted by Gasteiger charge is 2.16. The molecule has 1 aliphatic rings. The zero-order valence-electron chi connectivity index (χ0n) is 10.5. The molecule has 4 heteroatoms. The molecule has 90 valence electrons. The van der Waals surface area contributed by atoms with Crippen molar-refractivity contribution in [2.24, 2.45) is 5.92 Å². The predicted molar refractivity (Wildman–Crippen MR) is 66.7 cm³/mol. The molecule has 2 rings (SSSR count). The Morgan fingerprint density at radius 3 is 2.65 bits per heavy atom. The first-order valence-electron chi connectivity index (χ1n) is 6.20. The van der Waals surface area contributed by atoms with Crippen LogP contribution >= 0.6 is 0 Å². The third-order valence-electron chi connectivity index (χ3n) is 3.60. The van der Waals surface area contributed by atoms with Crippen molar-refractivity contribution in [3.8, 4) is 6.07 Å². The summed E-state index contributed by atoms with van der Waals surface area (Å²) in [6.45, 7) is 4.71. The highest BCUT2D eigenvalue weighted by molar-refractivity contribution is 5.55. The maximum absolute atomic E-state index is 9.16. The van der Waals surface area contributed by atoms with E-state index in [1.165, 1.54) is 25.7 Å². The van der Waals surface area contributed by atoms with Crippen molar-refractivity contribution in [1.82, 2.24) is 10.2 Å². The first-order valence-corrected chi connectivity index (χ1v) is 6.20. The van der Waals surface area contributed by atoms with Crippen LogP contribution < -0.4 is 5.32 Å². The molecule has 1 N–H and O–H groups in total. The molecule has 0 aliphatic heterocycles. The Morgan fingerprint density at radius 2 is 2.00 bits per heavy atom. The average Bonchev–Trinajstić information content (AvgIpc) is 2.83. The summed E-state index contributed by atoms with van der Waals surface area (Å²) < 4.78 is 0. The zero-order valence-corrected chi connectivity index (χ0v) is 10.5. The summed E-state index contributed by atoms with van der Waals surface area (Å²) in [4.78, 5) is 0. The van der Waals surface area contributed by atoms with Gasteiger partial charge in [-0.05, 0) is 38.2 Å². The minimum Gasteiger partial charge on any atom is -0.367 e. The maximum Gasteiger partial charge on any atom is 0.166 e. The monoisotopic (exact) mass is 230 g/mol. The van der Waals surface area contributed by atoms with E-state index >= 15 is 0 Å². The highest BCUT2D eigenvalue weighted by Crippen LogP contribution is 2.25. The maximum atomic E-state index is 9.16. The van der Waals surface area contributed by atoms with Crippen LogP contribution in [-0.2, 0) is 0 Å². The fourth-order valence-corrected chi connectivity index (χ4v) is 2.32. The van der Waals surface area contributed by atoms with E-state index in [0.717, 1.165) is 23.7 Å². The molecule has 4 nitrogen and oxygen atoms in total. The van der Waals surface area contributed by atoms with Crippen LogP contribution in [0.3, 0.4) is 0 Å². The summed E-state index contributed by atoms with van der Waals surface area (Å²) in [5.74, 6) is 1.37. The van der Waals surface area contributed by atoms with Crippen molar-refractivity contribution < 1.29 is 0 Å². The number of hydrogen-bond donors (Lipinski definition) is 1. The topological polar surface area (TPSA) is 61.6 Å². The smallest absolute Gasteiger partial charge is 0.166 e. The number of nitrogens with one attached hydrogen (secondary N) is 1. The average molecular weight is 230 g/mol. The van der Waals surface area contributed by atoms with Gasteiger partial charge in [-0.1, -0.05) is 12.8 Å². The molecule has 0 spiro atoms. The first-order chi connectivity index (χ1) is 8.22. The molecular weight excluding hydrogens is 212 g/mol. The van der Waals surface area contributed by atoms with Crippen LogP contribution in [0.2, 0.25) is 0 Å². The first kappa shape index (κ1) is 11.8. The number of aryl methyl sites for hydroxylation is 1. The normalized spacial score (nSPS) is 15.8. The summed E-state index contributed by atoms with van der Waals surface area (Å²) in [5, 5.41) is 20.6. The summed E-state index contributed by atoms with van der Waals surface area (Å²) in [6.07, 6.45) is 5.23. The molecule has 1 aliphatic carbocycles. The van der Waals surface area contributed by atoms with Crippen LogP contribution in [0, 0.1) is 31.1 Å². The minimum atomic E-state index is 0.635. The van der Waals surface area contributed by atoms with Crippen molar-refractivity contribution in [2.75, 3.05) is 11.9 Å². The molecule has 1 aromatic heterocycles. The second-order valence-corrected chi connectivity index (χ2v) is 4.78. The van der Waals surface area contributed by atoms with Crippen LogP contribution in [0.4, 0.5) is 5.82 Å². The molecule has 1 heterocycles. The van der Waals surface area contributed by atoms with Gasteiger partial charge in [0, 0.05) is 6.54 Å². The number of nitriles is 1. The van der Waals surface area contributed by atoms with E-state index in [-0.39, 0.29) is 0 Å². The van der Waals surface area contributed by atoms with Gasteiger partial charge in [-0.2, -0.15) is 10.4 Å². The number of nitrogens with zero attached hydrogens (tertiary/aromatic N) is 3. The third-order valence-corrected chi connectivity index (χ3v) is 3.60. The molecule has 0 unspecified atom stereocenters. The van der Waals surface area contributed by atoms with Gasteiger partial charge >= 0.3 is 0 Å². The van der Waals surface area contributed by atoms with Crippen molar-refractivity contribution >= 4 is 5.82 Å². The Morgan fingerprint density at radius 1 is 1.29 bits per heavy atom. The van der Waals surface area contributed by atoms with Gasteiger partial charge < -0.3 is 5.32 Å². The molecule has 1 fully saturated rings. The van der Waals surface area contributed by atoms with Gasteiger partial charge in [0.2, 0.25) is 0 Å². The number of anilines is 1. The van der Waals surface area contributed by atoms with E-state index < -0.39 is 0 Å². The van der Waals surface area contributed by atoms with Crippen LogP contribution in [0.1, 0.15) is 42.5 Å². The van der Waals surface area contributed by atoms with Gasteiger partial charge in [0.25, 0.3) is 0 Å². The van der Waals surface area contributed by atoms with Gasteiger partial charge in [0.15, 0.2) is 5.82 Å². The second kappa shape index (κ2) is 5.13. The molecular formula is C13H18N4. The molecule has 1 saturated carbocycles. The van der Waals surface area contributed by atoms with E-state index in [2.05, 4.69) is 21.6 Å². The van der Waals surface area contributed by atoms with E-state index in [0.29, 0.717) is 11.4 Å². The molecule has 0 atom stereocenters. The second-order valence-electron chi connectivity index (χ2n) is 4.78. The Labute approximate surface area is 102 Å². The number of rotatable bonds is 3. The van der Waals surface area contributed by atoms with Gasteiger partial charge in [0.05, 0.1) is 5.69 Å². The quantitative estimate of drug-likeness (QED) is 0.866. The van der Waals surface area contributed by atoms with Crippen molar-refractivity contribution in [3.63, 3.8) is 0 Å². The predicted octanol–water partition coefficient (Wildman–Crippen LogP) is 2.57. The summed E-state index contributed by atoms with van der Waals surface area (Å²) in [6, 6.07) is 2.22. The van der Waals surface area contributed by atoms with Crippen molar-refractivity contribution in [2.45, 2.75) is 39.5 Å². The molecule has 0 saturated heterocycles. The van der Waals surface area contributed by atoms with Crippen molar-refractivity contribution in [3.05, 3.63) is 16.8 Å². The lowest BCUT2D eigenvalue weighted by molar-refractivity contribution is 0.578. The molecule has 0 amide bonds. The van der Waals surface area contributed by atoms with Crippen molar-refractivity contribution in [1.29, 1.82) is 5.26 Å². The Hall–Kier alpha value is -1.63. The van der Waals surface area contributed by atoms with E-state index in [1.54, 1.807) is 0 Å². The highest BCUT2D eigenvalue weighted by atomic mass is 15.2. The Kier molecular flexibility index (Phi) is 3.58. The molecule has 17 heavy (non-hydrogen) atoms. The molecule has 0 aromatic carbocycles. The van der Waals surface area contributed by atoms with Crippen LogP contribution in [0.15, 0.2) is 0 Å². The standard InChI is InChI=1S/C13H18N4/c1-9-10(2)16-17-13(12(9)7-14)15-8-11-5-3-4-6-11/h11H,3-6,8H2,1-2H3,(H,15,17). The fourth-order valence-electron chi connectivity index (χ4n) is 2.32. The SMILES string of the molecule is Cc1nnc(NCC2CCCC2)c(C#N)c1C. The third kappa shape index (κ3) is 2.55. The van der Waals surface area contributed by atoms with Crippen LogP contribution in [-0.4, -0.2) is 16.7 Å². The lowest BCUT2D eigenvalue weighted by atomic mass is 10.1. The van der Waals surface area contributed by atoms with E-state index in [1.807, 2.05) is 13.8 Å². The largest absolute Gasteiger partial charge is 0.367 e. The number of hydrogen-bond acceptors (Lipinski definition) is 4. The fraction of sp³-hybridized carbons (Fsp3) is 0.615. The van der Waals surface area contributed by atoms with Gasteiger partial charge in [-0.25, -0.2) is 0 Å². The van der Waals surface area contributed by atoms with Gasteiger partial charge in [-0.3, -0.25) is 0 Å². The summed E-state index contributed by atoms with van der Waals surface area (Å²) in [5.41, 5.74) is 2.39. The summed E-state index contributed by atoms with van der Waals surface area (Å²) >= 11 is 0. The van der Waals surface area contributed by atoms with E-state index in [4.69, 9.17) is 5.26 Å². The lowest BCUT2D eigenvalue weighted by Gasteiger charge is -2.13.